The molecule has 0 saturated heterocycles. The highest BCUT2D eigenvalue weighted by Gasteiger charge is 2.15. The van der Waals surface area contributed by atoms with Gasteiger partial charge in [-0.1, -0.05) is 12.1 Å². The van der Waals surface area contributed by atoms with Crippen molar-refractivity contribution in [2.45, 2.75) is 20.4 Å². The molecule has 0 aliphatic carbocycles. The summed E-state index contributed by atoms with van der Waals surface area (Å²) in [5.41, 5.74) is 0.887. The van der Waals surface area contributed by atoms with E-state index in [9.17, 15) is 14.9 Å². The summed E-state index contributed by atoms with van der Waals surface area (Å²) >= 11 is 0. The third-order valence-electron chi connectivity index (χ3n) is 4.00. The second-order valence-electron chi connectivity index (χ2n) is 5.91. The summed E-state index contributed by atoms with van der Waals surface area (Å²) in [6.07, 6.45) is 0. The van der Waals surface area contributed by atoms with Crippen LogP contribution in [0.3, 0.4) is 0 Å². The molecule has 1 aromatic rings. The summed E-state index contributed by atoms with van der Waals surface area (Å²) in [5.74, 6) is 0.602. The number of nitrogens with zero attached hydrogens (tertiary/aromatic N) is 4. The van der Waals surface area contributed by atoms with Crippen LogP contribution < -0.4 is 5.32 Å². The standard InChI is InChI=1S/C18H29N5O4/c1-5-22(6-2)17(24)14-21(3)18(19-11-12-27-4)20-13-15-7-9-16(10-8-15)23(25)26/h7-10H,5-6,11-14H2,1-4H3,(H,19,20). The number of nitro groups is 1. The lowest BCUT2D eigenvalue weighted by atomic mass is 10.2. The number of non-ortho nitro benzene ring substituents is 1. The Morgan fingerprint density at radius 2 is 1.89 bits per heavy atom. The van der Waals surface area contributed by atoms with E-state index < -0.39 is 4.92 Å². The van der Waals surface area contributed by atoms with Gasteiger partial charge in [0, 0.05) is 45.9 Å². The van der Waals surface area contributed by atoms with E-state index in [4.69, 9.17) is 4.74 Å². The predicted molar refractivity (Wildman–Crippen MR) is 105 cm³/mol. The van der Waals surface area contributed by atoms with E-state index in [1.54, 1.807) is 36.1 Å². The Labute approximate surface area is 160 Å². The smallest absolute Gasteiger partial charge is 0.269 e. The first-order valence-electron chi connectivity index (χ1n) is 8.92. The lowest BCUT2D eigenvalue weighted by molar-refractivity contribution is -0.384. The van der Waals surface area contributed by atoms with Crippen molar-refractivity contribution in [1.29, 1.82) is 0 Å². The molecule has 0 fully saturated rings. The second kappa shape index (κ2) is 11.8. The number of guanidine groups is 1. The highest BCUT2D eigenvalue weighted by Crippen LogP contribution is 2.12. The first kappa shape index (κ1) is 22.4. The Balaban J connectivity index is 2.83. The van der Waals surface area contributed by atoms with Gasteiger partial charge in [0.15, 0.2) is 5.96 Å². The summed E-state index contributed by atoms with van der Waals surface area (Å²) < 4.78 is 5.05. The minimum Gasteiger partial charge on any atom is -0.383 e. The largest absolute Gasteiger partial charge is 0.383 e. The quantitative estimate of drug-likeness (QED) is 0.217. The number of hydrogen-bond acceptors (Lipinski definition) is 5. The normalized spacial score (nSPS) is 11.2. The van der Waals surface area contributed by atoms with Gasteiger partial charge >= 0.3 is 0 Å². The number of nitrogens with one attached hydrogen (secondary N) is 1. The first-order valence-corrected chi connectivity index (χ1v) is 8.92. The van der Waals surface area contributed by atoms with E-state index in [1.165, 1.54) is 12.1 Å². The van der Waals surface area contributed by atoms with E-state index in [2.05, 4.69) is 10.3 Å². The number of likely N-dealkylation sites (N-methyl/N-ethyl adjacent to an activating group) is 2. The van der Waals surface area contributed by atoms with Gasteiger partial charge in [0.2, 0.25) is 5.91 Å². The number of benzene rings is 1. The van der Waals surface area contributed by atoms with Gasteiger partial charge < -0.3 is 19.9 Å². The molecule has 0 aromatic heterocycles. The van der Waals surface area contributed by atoms with Gasteiger partial charge in [0.05, 0.1) is 24.6 Å². The third-order valence-corrected chi connectivity index (χ3v) is 4.00. The average molecular weight is 379 g/mol. The molecule has 9 heteroatoms. The molecule has 0 radical (unpaired) electrons. The van der Waals surface area contributed by atoms with Crippen LogP contribution in [0.25, 0.3) is 0 Å². The Morgan fingerprint density at radius 3 is 2.41 bits per heavy atom. The number of nitro benzene ring substituents is 1. The number of aliphatic imine (C=N–C) groups is 1. The van der Waals surface area contributed by atoms with Crippen molar-refractivity contribution >= 4 is 17.6 Å². The van der Waals surface area contributed by atoms with Crippen LogP contribution >= 0.6 is 0 Å². The summed E-state index contributed by atoms with van der Waals surface area (Å²) in [6.45, 7) is 6.83. The molecule has 0 bridgehead atoms. The monoisotopic (exact) mass is 379 g/mol. The predicted octanol–water partition coefficient (Wildman–Crippen LogP) is 1.49. The maximum atomic E-state index is 12.3. The van der Waals surface area contributed by atoms with Crippen LogP contribution in [0.2, 0.25) is 0 Å². The maximum Gasteiger partial charge on any atom is 0.269 e. The molecule has 0 heterocycles. The highest BCUT2D eigenvalue weighted by atomic mass is 16.6. The zero-order valence-electron chi connectivity index (χ0n) is 16.5. The molecule has 0 unspecified atom stereocenters. The van der Waals surface area contributed by atoms with Gasteiger partial charge in [-0.2, -0.15) is 0 Å². The fourth-order valence-corrected chi connectivity index (χ4v) is 2.42. The maximum absolute atomic E-state index is 12.3. The number of methoxy groups -OCH3 is 1. The van der Waals surface area contributed by atoms with Crippen LogP contribution in [-0.4, -0.2) is 73.5 Å². The van der Waals surface area contributed by atoms with Crippen LogP contribution in [0.4, 0.5) is 5.69 Å². The molecule has 9 nitrogen and oxygen atoms in total. The van der Waals surface area contributed by atoms with E-state index >= 15 is 0 Å². The molecule has 0 aliphatic rings. The van der Waals surface area contributed by atoms with E-state index in [-0.39, 0.29) is 18.1 Å². The summed E-state index contributed by atoms with van der Waals surface area (Å²) in [4.78, 5) is 30.7. The molecule has 1 rings (SSSR count). The van der Waals surface area contributed by atoms with Gasteiger partial charge in [0.1, 0.15) is 0 Å². The van der Waals surface area contributed by atoms with Crippen molar-refractivity contribution in [3.63, 3.8) is 0 Å². The molecule has 27 heavy (non-hydrogen) atoms. The Morgan fingerprint density at radius 1 is 1.26 bits per heavy atom. The molecule has 0 saturated carbocycles. The van der Waals surface area contributed by atoms with Gasteiger partial charge in [-0.05, 0) is 19.4 Å². The Hall–Kier alpha value is -2.68. The fourth-order valence-electron chi connectivity index (χ4n) is 2.42. The van der Waals surface area contributed by atoms with Crippen molar-refractivity contribution in [2.75, 3.05) is 46.9 Å². The minimum absolute atomic E-state index is 0.0269. The lowest BCUT2D eigenvalue weighted by Crippen LogP contribution is -2.46. The Bertz CT molecular complexity index is 629. The van der Waals surface area contributed by atoms with Crippen LogP contribution in [-0.2, 0) is 16.1 Å². The zero-order chi connectivity index (χ0) is 20.2. The van der Waals surface area contributed by atoms with E-state index in [0.717, 1.165) is 5.56 Å². The van der Waals surface area contributed by atoms with Crippen LogP contribution in [0, 0.1) is 10.1 Å². The summed E-state index contributed by atoms with van der Waals surface area (Å²) in [7, 11) is 3.42. The molecule has 1 amide bonds. The highest BCUT2D eigenvalue weighted by molar-refractivity contribution is 5.86. The fraction of sp³-hybridized carbons (Fsp3) is 0.556. The molecule has 0 aliphatic heterocycles. The molecular weight excluding hydrogens is 350 g/mol. The van der Waals surface area contributed by atoms with Crippen molar-refractivity contribution < 1.29 is 14.5 Å². The van der Waals surface area contributed by atoms with E-state index in [0.29, 0.717) is 38.7 Å². The molecule has 1 aromatic carbocycles. The minimum atomic E-state index is -0.433. The topological polar surface area (TPSA) is 100 Å². The van der Waals surface area contributed by atoms with Crippen molar-refractivity contribution in [3.8, 4) is 0 Å². The lowest BCUT2D eigenvalue weighted by Gasteiger charge is -2.26. The van der Waals surface area contributed by atoms with Crippen LogP contribution in [0.15, 0.2) is 29.3 Å². The average Bonchev–Trinajstić information content (AvgIpc) is 2.65. The zero-order valence-corrected chi connectivity index (χ0v) is 16.5. The molecule has 150 valence electrons. The van der Waals surface area contributed by atoms with Gasteiger partial charge in [0.25, 0.3) is 5.69 Å². The summed E-state index contributed by atoms with van der Waals surface area (Å²) in [5, 5.41) is 13.9. The van der Waals surface area contributed by atoms with Crippen molar-refractivity contribution in [2.24, 2.45) is 4.99 Å². The van der Waals surface area contributed by atoms with Crippen molar-refractivity contribution in [3.05, 3.63) is 39.9 Å². The molecule has 0 spiro atoms. The van der Waals surface area contributed by atoms with Gasteiger partial charge in [-0.3, -0.25) is 14.9 Å². The number of carbonyl (C=O) groups excluding carboxylic acids is 1. The molecule has 1 N–H and O–H groups in total. The molecular formula is C18H29N5O4. The second-order valence-corrected chi connectivity index (χ2v) is 5.91. The number of amides is 1. The van der Waals surface area contributed by atoms with Crippen LogP contribution in [0.5, 0.6) is 0 Å². The first-order chi connectivity index (χ1) is 12.9. The van der Waals surface area contributed by atoms with E-state index in [1.807, 2.05) is 13.8 Å². The molecule has 0 atom stereocenters. The Kier molecular flexibility index (Phi) is 9.81. The number of ether oxygens (including phenoxy) is 1. The van der Waals surface area contributed by atoms with Crippen molar-refractivity contribution in [1.82, 2.24) is 15.1 Å². The van der Waals surface area contributed by atoms with Crippen LogP contribution in [0.1, 0.15) is 19.4 Å². The number of rotatable bonds is 10. The number of hydrogen-bond donors (Lipinski definition) is 1. The summed E-state index contributed by atoms with van der Waals surface area (Å²) in [6, 6.07) is 6.26. The SMILES string of the molecule is CCN(CC)C(=O)CN(C)C(=NCc1ccc([N+](=O)[O-])cc1)NCCOC. The van der Waals surface area contributed by atoms with Gasteiger partial charge in [-0.25, -0.2) is 4.99 Å². The van der Waals surface area contributed by atoms with Gasteiger partial charge in [-0.15, -0.1) is 0 Å². The third kappa shape index (κ3) is 7.61. The number of carbonyl (C=O) groups is 1.